The molecule has 0 atom stereocenters. The first kappa shape index (κ1) is 17.8. The van der Waals surface area contributed by atoms with Gasteiger partial charge in [-0.15, -0.1) is 0 Å². The number of nitrogens with one attached hydrogen (secondary N) is 2. The summed E-state index contributed by atoms with van der Waals surface area (Å²) < 4.78 is 30.1. The molecule has 4 rings (SSSR count). The van der Waals surface area contributed by atoms with Gasteiger partial charge in [-0.1, -0.05) is 0 Å². The molecule has 28 heavy (non-hydrogen) atoms. The standard InChI is InChI=1S/C20H19FN4O3/c1-10-5-14-11(6-13(10)21)7-15(22-14)19-18(23-25-24-19)12-8-16(26-2)20(28-4)17(9-12)27-3/h5-9,22H,1-4H3,(H,23,24,25). The summed E-state index contributed by atoms with van der Waals surface area (Å²) in [7, 11) is 4.66. The van der Waals surface area contributed by atoms with Crippen LogP contribution < -0.4 is 14.2 Å². The lowest BCUT2D eigenvalue weighted by molar-refractivity contribution is 0.324. The van der Waals surface area contributed by atoms with Crippen LogP contribution in [0.2, 0.25) is 0 Å². The van der Waals surface area contributed by atoms with Gasteiger partial charge in [0.25, 0.3) is 0 Å². The zero-order chi connectivity index (χ0) is 19.8. The second-order valence-electron chi connectivity index (χ2n) is 6.31. The van der Waals surface area contributed by atoms with Crippen molar-refractivity contribution in [3.63, 3.8) is 0 Å². The predicted octanol–water partition coefficient (Wildman–Crippen LogP) is 4.09. The Morgan fingerprint density at radius 2 is 1.54 bits per heavy atom. The lowest BCUT2D eigenvalue weighted by Crippen LogP contribution is -1.96. The topological polar surface area (TPSA) is 85.1 Å². The Bertz CT molecular complexity index is 1100. The highest BCUT2D eigenvalue weighted by molar-refractivity contribution is 5.89. The second kappa shape index (κ2) is 6.88. The number of aromatic nitrogens is 4. The van der Waals surface area contributed by atoms with Crippen LogP contribution >= 0.6 is 0 Å². The van der Waals surface area contributed by atoms with Gasteiger partial charge in [0.15, 0.2) is 11.5 Å². The van der Waals surface area contributed by atoms with Crippen molar-refractivity contribution < 1.29 is 18.6 Å². The summed E-state index contributed by atoms with van der Waals surface area (Å²) in [5.41, 5.74) is 4.06. The highest BCUT2D eigenvalue weighted by atomic mass is 19.1. The number of methoxy groups -OCH3 is 3. The van der Waals surface area contributed by atoms with Crippen LogP contribution in [-0.2, 0) is 0 Å². The first-order valence-corrected chi connectivity index (χ1v) is 8.56. The summed E-state index contributed by atoms with van der Waals surface area (Å²) in [6, 6.07) is 8.72. The lowest BCUT2D eigenvalue weighted by Gasteiger charge is -2.13. The minimum absolute atomic E-state index is 0.247. The maximum absolute atomic E-state index is 13.9. The van der Waals surface area contributed by atoms with E-state index in [2.05, 4.69) is 20.4 Å². The molecular weight excluding hydrogens is 363 g/mol. The monoisotopic (exact) mass is 382 g/mol. The maximum atomic E-state index is 13.9. The van der Waals surface area contributed by atoms with Gasteiger partial charge in [-0.3, -0.25) is 0 Å². The number of rotatable bonds is 5. The molecule has 144 valence electrons. The number of hydrogen-bond donors (Lipinski definition) is 2. The minimum atomic E-state index is -0.247. The van der Waals surface area contributed by atoms with E-state index in [1.807, 2.05) is 6.07 Å². The molecular formula is C20H19FN4O3. The van der Waals surface area contributed by atoms with Crippen molar-refractivity contribution >= 4 is 10.9 Å². The Hall–Kier alpha value is -3.55. The Balaban J connectivity index is 1.86. The van der Waals surface area contributed by atoms with Gasteiger partial charge in [-0.05, 0) is 42.8 Å². The normalized spacial score (nSPS) is 11.0. The first-order chi connectivity index (χ1) is 13.5. The molecule has 7 nitrogen and oxygen atoms in total. The van der Waals surface area contributed by atoms with Gasteiger partial charge in [0.1, 0.15) is 17.2 Å². The molecule has 0 amide bonds. The molecule has 0 bridgehead atoms. The molecule has 0 fully saturated rings. The Labute approximate surface area is 160 Å². The van der Waals surface area contributed by atoms with Gasteiger partial charge >= 0.3 is 0 Å². The van der Waals surface area contributed by atoms with E-state index >= 15 is 0 Å². The smallest absolute Gasteiger partial charge is 0.203 e. The second-order valence-corrected chi connectivity index (χ2v) is 6.31. The predicted molar refractivity (Wildman–Crippen MR) is 103 cm³/mol. The molecule has 4 aromatic rings. The molecule has 0 spiro atoms. The van der Waals surface area contributed by atoms with Gasteiger partial charge in [0.2, 0.25) is 5.75 Å². The largest absolute Gasteiger partial charge is 0.493 e. The highest BCUT2D eigenvalue weighted by Crippen LogP contribution is 2.42. The van der Waals surface area contributed by atoms with Crippen molar-refractivity contribution in [2.45, 2.75) is 6.92 Å². The number of aryl methyl sites for hydroxylation is 1. The van der Waals surface area contributed by atoms with Crippen LogP contribution in [0, 0.1) is 12.7 Å². The van der Waals surface area contributed by atoms with Crippen molar-refractivity contribution in [2.75, 3.05) is 21.3 Å². The minimum Gasteiger partial charge on any atom is -0.493 e. The van der Waals surface area contributed by atoms with Crippen LogP contribution in [0.15, 0.2) is 30.3 Å². The molecule has 0 radical (unpaired) electrons. The zero-order valence-corrected chi connectivity index (χ0v) is 15.9. The maximum Gasteiger partial charge on any atom is 0.203 e. The molecule has 2 heterocycles. The number of benzene rings is 2. The fourth-order valence-electron chi connectivity index (χ4n) is 3.23. The van der Waals surface area contributed by atoms with Crippen LogP contribution in [0.5, 0.6) is 17.2 Å². The number of nitrogens with zero attached hydrogens (tertiary/aromatic N) is 2. The third-order valence-corrected chi connectivity index (χ3v) is 4.64. The van der Waals surface area contributed by atoms with Crippen LogP contribution in [0.3, 0.4) is 0 Å². The van der Waals surface area contributed by atoms with Gasteiger partial charge < -0.3 is 19.2 Å². The van der Waals surface area contributed by atoms with Crippen molar-refractivity contribution in [1.29, 1.82) is 0 Å². The Morgan fingerprint density at radius 1 is 0.857 bits per heavy atom. The van der Waals surface area contributed by atoms with Crippen LogP contribution in [0.4, 0.5) is 4.39 Å². The number of aromatic amines is 2. The van der Waals surface area contributed by atoms with Crippen LogP contribution in [0.1, 0.15) is 5.56 Å². The van der Waals surface area contributed by atoms with Gasteiger partial charge in [-0.25, -0.2) is 4.39 Å². The van der Waals surface area contributed by atoms with Crippen molar-refractivity contribution in [1.82, 2.24) is 20.4 Å². The van der Waals surface area contributed by atoms with Crippen molar-refractivity contribution in [3.05, 3.63) is 41.7 Å². The highest BCUT2D eigenvalue weighted by Gasteiger charge is 2.20. The molecule has 2 aromatic carbocycles. The SMILES string of the molecule is COc1cc(-c2n[nH]nc2-c2cc3cc(F)c(C)cc3[nH]2)cc(OC)c1OC. The molecule has 2 aromatic heterocycles. The van der Waals surface area contributed by atoms with Crippen molar-refractivity contribution in [3.8, 4) is 39.9 Å². The van der Waals surface area contributed by atoms with E-state index < -0.39 is 0 Å². The summed E-state index contributed by atoms with van der Waals surface area (Å²) in [6.07, 6.45) is 0. The van der Waals surface area contributed by atoms with Gasteiger partial charge in [0.05, 0.1) is 27.0 Å². The summed E-state index contributed by atoms with van der Waals surface area (Å²) in [4.78, 5) is 3.28. The zero-order valence-electron chi connectivity index (χ0n) is 15.9. The molecule has 0 aliphatic carbocycles. The van der Waals surface area contributed by atoms with Gasteiger partial charge in [-0.2, -0.15) is 15.4 Å². The van der Waals surface area contributed by atoms with E-state index in [1.54, 1.807) is 46.5 Å². The molecule has 0 unspecified atom stereocenters. The number of H-pyrrole nitrogens is 2. The summed E-state index contributed by atoms with van der Waals surface area (Å²) in [5, 5.41) is 12.0. The van der Waals surface area contributed by atoms with E-state index in [0.29, 0.717) is 34.2 Å². The molecule has 0 aliphatic heterocycles. The fourth-order valence-corrected chi connectivity index (χ4v) is 3.23. The molecule has 2 N–H and O–H groups in total. The average Bonchev–Trinajstić information content (AvgIpc) is 3.33. The number of halogens is 1. The van der Waals surface area contributed by atoms with E-state index in [1.165, 1.54) is 6.07 Å². The number of ether oxygens (including phenoxy) is 3. The van der Waals surface area contributed by atoms with E-state index in [0.717, 1.165) is 22.2 Å². The van der Waals surface area contributed by atoms with Crippen molar-refractivity contribution in [2.24, 2.45) is 0 Å². The molecule has 0 saturated carbocycles. The summed E-state index contributed by atoms with van der Waals surface area (Å²) in [5.74, 6) is 1.28. The molecule has 8 heteroatoms. The van der Waals surface area contributed by atoms with Crippen LogP contribution in [-0.4, -0.2) is 41.7 Å². The van der Waals surface area contributed by atoms with E-state index in [4.69, 9.17) is 14.2 Å². The number of fused-ring (bicyclic) bond motifs is 1. The third kappa shape index (κ3) is 2.83. The number of hydrogen-bond acceptors (Lipinski definition) is 5. The quantitative estimate of drug-likeness (QED) is 0.543. The Morgan fingerprint density at radius 3 is 2.18 bits per heavy atom. The summed E-state index contributed by atoms with van der Waals surface area (Å²) in [6.45, 7) is 1.73. The fraction of sp³-hybridized carbons (Fsp3) is 0.200. The van der Waals surface area contributed by atoms with E-state index in [9.17, 15) is 4.39 Å². The average molecular weight is 382 g/mol. The van der Waals surface area contributed by atoms with Gasteiger partial charge in [0, 0.05) is 16.5 Å². The first-order valence-electron chi connectivity index (χ1n) is 8.56. The molecule has 0 aliphatic rings. The lowest BCUT2D eigenvalue weighted by atomic mass is 10.1. The van der Waals surface area contributed by atoms with E-state index in [-0.39, 0.29) is 5.82 Å². The molecule has 0 saturated heterocycles. The summed E-state index contributed by atoms with van der Waals surface area (Å²) >= 11 is 0. The Kier molecular flexibility index (Phi) is 4.38. The third-order valence-electron chi connectivity index (χ3n) is 4.64. The van der Waals surface area contributed by atoms with Crippen LogP contribution in [0.25, 0.3) is 33.5 Å².